The highest BCUT2D eigenvalue weighted by atomic mass is 32.2. The zero-order valence-electron chi connectivity index (χ0n) is 18.0. The van der Waals surface area contributed by atoms with Gasteiger partial charge in [0.25, 0.3) is 0 Å². The Balaban J connectivity index is 1.92. The molecule has 3 aromatic rings. The van der Waals surface area contributed by atoms with E-state index in [1.165, 1.54) is 22.9 Å². The maximum Gasteiger partial charge on any atom is 0.416 e. The van der Waals surface area contributed by atoms with Gasteiger partial charge in [0.15, 0.2) is 0 Å². The summed E-state index contributed by atoms with van der Waals surface area (Å²) in [5.41, 5.74) is 0.528. The van der Waals surface area contributed by atoms with E-state index in [0.29, 0.717) is 11.1 Å². The molecule has 186 valence electrons. The van der Waals surface area contributed by atoms with Gasteiger partial charge in [-0.1, -0.05) is 54.6 Å². The van der Waals surface area contributed by atoms with Gasteiger partial charge in [-0.3, -0.25) is 4.79 Å². The average molecular weight is 515 g/mol. The van der Waals surface area contributed by atoms with Crippen molar-refractivity contribution >= 4 is 15.8 Å². The van der Waals surface area contributed by atoms with E-state index in [1.54, 1.807) is 30.3 Å². The number of Topliss-reactive ketones (excluding diaryl/α,β-unsaturated/α-hetero) is 1. The number of halogens is 6. The van der Waals surface area contributed by atoms with Gasteiger partial charge in [0.2, 0.25) is 10.0 Å². The summed E-state index contributed by atoms with van der Waals surface area (Å²) >= 11 is 0. The van der Waals surface area contributed by atoms with Crippen molar-refractivity contribution in [1.82, 2.24) is 4.72 Å². The van der Waals surface area contributed by atoms with Crippen molar-refractivity contribution in [3.05, 3.63) is 89.5 Å². The molecule has 1 N–H and O–H groups in total. The summed E-state index contributed by atoms with van der Waals surface area (Å²) in [4.78, 5) is 12.3. The number of sulfonamides is 1. The van der Waals surface area contributed by atoms with Gasteiger partial charge in [-0.05, 0) is 40.5 Å². The first-order valence-corrected chi connectivity index (χ1v) is 11.7. The van der Waals surface area contributed by atoms with Crippen LogP contribution in [-0.4, -0.2) is 26.9 Å². The normalized spacial score (nSPS) is 12.5. The van der Waals surface area contributed by atoms with E-state index in [-0.39, 0.29) is 24.0 Å². The number of nitrogens with one attached hydrogen (secondary N) is 1. The fourth-order valence-electron chi connectivity index (χ4n) is 3.40. The summed E-state index contributed by atoms with van der Waals surface area (Å²) < 4.78 is 103. The molecule has 0 unspecified atom stereocenters. The molecule has 0 aliphatic heterocycles. The van der Waals surface area contributed by atoms with Crippen LogP contribution in [0.4, 0.5) is 26.3 Å². The molecular formula is C24H19F6NO3S. The van der Waals surface area contributed by atoms with Crippen LogP contribution < -0.4 is 4.72 Å². The van der Waals surface area contributed by atoms with Crippen molar-refractivity contribution in [2.75, 3.05) is 6.54 Å². The minimum absolute atomic E-state index is 0.127. The van der Waals surface area contributed by atoms with Crippen LogP contribution in [0.2, 0.25) is 0 Å². The Kier molecular flexibility index (Phi) is 7.71. The Morgan fingerprint density at radius 3 is 2.11 bits per heavy atom. The second-order valence-corrected chi connectivity index (χ2v) is 9.48. The summed E-state index contributed by atoms with van der Waals surface area (Å²) in [6.07, 6.45) is -10.0. The molecule has 0 saturated heterocycles. The minimum atomic E-state index is -4.76. The summed E-state index contributed by atoms with van der Waals surface area (Å²) in [5, 5.41) is 0. The maximum atomic E-state index is 13.0. The number of hydrogen-bond donors (Lipinski definition) is 1. The number of hydrogen-bond acceptors (Lipinski definition) is 3. The molecule has 0 spiro atoms. The molecule has 0 amide bonds. The molecule has 0 saturated carbocycles. The predicted molar refractivity (Wildman–Crippen MR) is 117 cm³/mol. The lowest BCUT2D eigenvalue weighted by Gasteiger charge is -2.14. The highest BCUT2D eigenvalue weighted by Crippen LogP contribution is 2.30. The van der Waals surface area contributed by atoms with Gasteiger partial charge in [0, 0.05) is 12.8 Å². The Labute approximate surface area is 197 Å². The first kappa shape index (κ1) is 26.4. The van der Waals surface area contributed by atoms with Gasteiger partial charge in [0.1, 0.15) is 12.3 Å². The van der Waals surface area contributed by atoms with Crippen LogP contribution >= 0.6 is 0 Å². The summed E-state index contributed by atoms with van der Waals surface area (Å²) in [7, 11) is -4.54. The van der Waals surface area contributed by atoms with Crippen LogP contribution in [0.5, 0.6) is 0 Å². The van der Waals surface area contributed by atoms with Crippen molar-refractivity contribution in [2.45, 2.75) is 30.1 Å². The lowest BCUT2D eigenvalue weighted by atomic mass is 9.94. The van der Waals surface area contributed by atoms with Crippen molar-refractivity contribution in [3.63, 3.8) is 0 Å². The molecule has 0 heterocycles. The molecule has 3 rings (SSSR count). The highest BCUT2D eigenvalue weighted by molar-refractivity contribution is 7.89. The van der Waals surface area contributed by atoms with E-state index in [9.17, 15) is 39.6 Å². The Morgan fingerprint density at radius 1 is 0.800 bits per heavy atom. The molecule has 3 aromatic carbocycles. The second-order valence-electron chi connectivity index (χ2n) is 7.72. The highest BCUT2D eigenvalue weighted by Gasteiger charge is 2.31. The minimum Gasteiger partial charge on any atom is -0.299 e. The molecule has 0 atom stereocenters. The van der Waals surface area contributed by atoms with Gasteiger partial charge in [-0.2, -0.15) is 26.3 Å². The van der Waals surface area contributed by atoms with Crippen LogP contribution in [0.3, 0.4) is 0 Å². The predicted octanol–water partition coefficient (Wildman–Crippen LogP) is 5.57. The molecule has 11 heteroatoms. The van der Waals surface area contributed by atoms with Crippen molar-refractivity contribution in [2.24, 2.45) is 0 Å². The lowest BCUT2D eigenvalue weighted by molar-refractivity contribution is -0.137. The maximum absolute atomic E-state index is 13.0. The van der Waals surface area contributed by atoms with Crippen LogP contribution in [0.25, 0.3) is 11.1 Å². The van der Waals surface area contributed by atoms with E-state index in [4.69, 9.17) is 0 Å². The Morgan fingerprint density at radius 2 is 1.49 bits per heavy atom. The van der Waals surface area contributed by atoms with Gasteiger partial charge in [0.05, 0.1) is 10.5 Å². The largest absolute Gasteiger partial charge is 0.416 e. The van der Waals surface area contributed by atoms with Gasteiger partial charge >= 0.3 is 12.4 Å². The van der Waals surface area contributed by atoms with E-state index in [1.807, 2.05) is 0 Å². The quantitative estimate of drug-likeness (QED) is 0.399. The molecule has 35 heavy (non-hydrogen) atoms. The molecule has 0 bridgehead atoms. The van der Waals surface area contributed by atoms with Crippen molar-refractivity contribution < 1.29 is 39.6 Å². The standard InChI is InChI=1S/C24H19F6NO3S/c25-23(26,27)15-31-35(33,34)21-9-10-22(17-6-2-1-3-7-17)18(14-21)13-20(32)12-16-5-4-8-19(11-16)24(28,29)30/h1-11,14,31H,12-13,15H2. The monoisotopic (exact) mass is 515 g/mol. The van der Waals surface area contributed by atoms with E-state index in [0.717, 1.165) is 24.3 Å². The zero-order chi connectivity index (χ0) is 25.9. The average Bonchev–Trinajstić information content (AvgIpc) is 2.77. The Hall–Kier alpha value is -3.18. The number of carbonyl (C=O) groups excluding carboxylic acids is 1. The fraction of sp³-hybridized carbons (Fsp3) is 0.208. The lowest BCUT2D eigenvalue weighted by Crippen LogP contribution is -2.33. The number of alkyl halides is 6. The first-order chi connectivity index (χ1) is 16.2. The SMILES string of the molecule is O=C(Cc1cccc(C(F)(F)F)c1)Cc1cc(S(=O)(=O)NCC(F)(F)F)ccc1-c1ccccc1. The molecule has 0 aliphatic carbocycles. The molecule has 0 radical (unpaired) electrons. The van der Waals surface area contributed by atoms with Gasteiger partial charge in [-0.15, -0.1) is 0 Å². The van der Waals surface area contributed by atoms with Crippen molar-refractivity contribution in [1.29, 1.82) is 0 Å². The number of ketones is 1. The third kappa shape index (κ3) is 7.40. The second kappa shape index (κ2) is 10.2. The number of carbonyl (C=O) groups is 1. The molecule has 0 fully saturated rings. The molecule has 4 nitrogen and oxygen atoms in total. The third-order valence-corrected chi connectivity index (χ3v) is 6.38. The summed E-state index contributed by atoms with van der Waals surface area (Å²) in [6.45, 7) is -1.76. The molecular weight excluding hydrogens is 496 g/mol. The smallest absolute Gasteiger partial charge is 0.299 e. The summed E-state index contributed by atoms with van der Waals surface area (Å²) in [6, 6.07) is 16.4. The first-order valence-electron chi connectivity index (χ1n) is 10.2. The third-order valence-electron chi connectivity index (χ3n) is 4.98. The Bertz CT molecular complexity index is 1300. The number of rotatable bonds is 8. The summed E-state index contributed by atoms with van der Waals surface area (Å²) in [5.74, 6) is -0.501. The molecule has 0 aliphatic rings. The van der Waals surface area contributed by atoms with Gasteiger partial charge < -0.3 is 0 Å². The number of benzene rings is 3. The van der Waals surface area contributed by atoms with Crippen LogP contribution in [-0.2, 0) is 33.8 Å². The van der Waals surface area contributed by atoms with Crippen LogP contribution in [0, 0.1) is 0 Å². The van der Waals surface area contributed by atoms with E-state index >= 15 is 0 Å². The van der Waals surface area contributed by atoms with E-state index < -0.39 is 45.2 Å². The fourth-order valence-corrected chi connectivity index (χ4v) is 4.47. The van der Waals surface area contributed by atoms with Crippen molar-refractivity contribution in [3.8, 4) is 11.1 Å². The van der Waals surface area contributed by atoms with Crippen LogP contribution in [0.1, 0.15) is 16.7 Å². The zero-order valence-corrected chi connectivity index (χ0v) is 18.8. The molecule has 0 aromatic heterocycles. The topological polar surface area (TPSA) is 63.2 Å². The van der Waals surface area contributed by atoms with E-state index in [2.05, 4.69) is 0 Å². The van der Waals surface area contributed by atoms with Gasteiger partial charge in [-0.25, -0.2) is 13.1 Å². The van der Waals surface area contributed by atoms with Crippen LogP contribution in [0.15, 0.2) is 77.7 Å².